The molecule has 98 valence electrons. The zero-order valence-electron chi connectivity index (χ0n) is 10.8. The van der Waals surface area contributed by atoms with Crippen molar-refractivity contribution in [3.8, 4) is 0 Å². The predicted molar refractivity (Wildman–Crippen MR) is 74.5 cm³/mol. The number of carbonyl (C=O) groups is 1. The number of hydrogen-bond donors (Lipinski definition) is 3. The highest BCUT2D eigenvalue weighted by molar-refractivity contribution is 5.76. The van der Waals surface area contributed by atoms with Gasteiger partial charge in [0.1, 0.15) is 0 Å². The van der Waals surface area contributed by atoms with Crippen LogP contribution in [0.5, 0.6) is 0 Å². The minimum Gasteiger partial charge on any atom is -0.399 e. The summed E-state index contributed by atoms with van der Waals surface area (Å²) >= 11 is 0. The number of aryl methyl sites for hydroxylation is 1. The maximum atomic E-state index is 11.5. The molecule has 4 N–H and O–H groups in total. The van der Waals surface area contributed by atoms with Crippen molar-refractivity contribution in [3.05, 3.63) is 23.8 Å². The Balaban J connectivity index is 1.66. The van der Waals surface area contributed by atoms with E-state index in [4.69, 9.17) is 5.73 Å². The lowest BCUT2D eigenvalue weighted by Crippen LogP contribution is -2.25. The number of rotatable bonds is 6. The fraction of sp³-hybridized carbons (Fsp3) is 0.500. The Morgan fingerprint density at radius 3 is 2.83 bits per heavy atom. The van der Waals surface area contributed by atoms with E-state index in [1.165, 1.54) is 0 Å². The van der Waals surface area contributed by atoms with Gasteiger partial charge in [0, 0.05) is 30.4 Å². The molecule has 1 fully saturated rings. The molecule has 2 rings (SSSR count). The number of nitrogens with one attached hydrogen (secondary N) is 2. The lowest BCUT2D eigenvalue weighted by molar-refractivity contribution is -0.121. The van der Waals surface area contributed by atoms with Gasteiger partial charge < -0.3 is 16.4 Å². The topological polar surface area (TPSA) is 67.1 Å². The molecule has 0 aromatic heterocycles. The van der Waals surface area contributed by atoms with Crippen LogP contribution < -0.4 is 16.4 Å². The average molecular weight is 247 g/mol. The van der Waals surface area contributed by atoms with Crippen LogP contribution in [0.25, 0.3) is 0 Å². The van der Waals surface area contributed by atoms with E-state index >= 15 is 0 Å². The Hall–Kier alpha value is -1.71. The smallest absolute Gasteiger partial charge is 0.220 e. The van der Waals surface area contributed by atoms with Crippen LogP contribution in [0, 0.1) is 6.92 Å². The molecule has 1 aromatic rings. The molecule has 4 heteroatoms. The third-order valence-electron chi connectivity index (χ3n) is 2.95. The highest BCUT2D eigenvalue weighted by atomic mass is 16.1. The second kappa shape index (κ2) is 5.76. The van der Waals surface area contributed by atoms with Crippen LogP contribution in [0.4, 0.5) is 11.4 Å². The van der Waals surface area contributed by atoms with Gasteiger partial charge in [0.25, 0.3) is 0 Å². The first-order valence-corrected chi connectivity index (χ1v) is 6.54. The fourth-order valence-corrected chi connectivity index (χ4v) is 1.92. The van der Waals surface area contributed by atoms with Crippen LogP contribution in [0.1, 0.15) is 31.2 Å². The molecule has 0 spiro atoms. The summed E-state index contributed by atoms with van der Waals surface area (Å²) in [6, 6.07) is 6.37. The third-order valence-corrected chi connectivity index (χ3v) is 2.95. The van der Waals surface area contributed by atoms with Crippen LogP contribution >= 0.6 is 0 Å². The van der Waals surface area contributed by atoms with Gasteiger partial charge in [-0.25, -0.2) is 0 Å². The minimum absolute atomic E-state index is 0.169. The van der Waals surface area contributed by atoms with Crippen molar-refractivity contribution in [3.63, 3.8) is 0 Å². The quantitative estimate of drug-likeness (QED) is 0.532. The molecular formula is C14H21N3O. The first-order chi connectivity index (χ1) is 8.63. The molecule has 0 bridgehead atoms. The molecule has 18 heavy (non-hydrogen) atoms. The molecule has 0 radical (unpaired) electrons. The van der Waals surface area contributed by atoms with Crippen LogP contribution in [-0.2, 0) is 4.79 Å². The van der Waals surface area contributed by atoms with E-state index in [1.54, 1.807) is 0 Å². The molecular weight excluding hydrogens is 226 g/mol. The fourth-order valence-electron chi connectivity index (χ4n) is 1.92. The summed E-state index contributed by atoms with van der Waals surface area (Å²) in [6.07, 6.45) is 3.72. The Morgan fingerprint density at radius 1 is 1.39 bits per heavy atom. The Bertz CT molecular complexity index is 407. The molecule has 1 saturated carbocycles. The van der Waals surface area contributed by atoms with E-state index in [1.807, 2.05) is 19.1 Å². The van der Waals surface area contributed by atoms with Gasteiger partial charge in [-0.05, 0) is 49.9 Å². The zero-order chi connectivity index (χ0) is 13.0. The molecule has 1 aliphatic carbocycles. The number of benzene rings is 1. The van der Waals surface area contributed by atoms with Gasteiger partial charge in [0.15, 0.2) is 0 Å². The Kier molecular flexibility index (Phi) is 4.07. The first-order valence-electron chi connectivity index (χ1n) is 6.54. The van der Waals surface area contributed by atoms with E-state index in [9.17, 15) is 4.79 Å². The number of nitrogen functional groups attached to an aromatic ring is 1. The number of amides is 1. The van der Waals surface area contributed by atoms with Crippen LogP contribution in [-0.4, -0.2) is 18.5 Å². The first kappa shape index (κ1) is 12.7. The summed E-state index contributed by atoms with van der Waals surface area (Å²) in [4.78, 5) is 11.5. The van der Waals surface area contributed by atoms with Gasteiger partial charge in [0.05, 0.1) is 0 Å². The van der Waals surface area contributed by atoms with Gasteiger partial charge in [-0.2, -0.15) is 0 Å². The van der Waals surface area contributed by atoms with Crippen molar-refractivity contribution in [1.29, 1.82) is 0 Å². The highest BCUT2D eigenvalue weighted by Crippen LogP contribution is 2.19. The van der Waals surface area contributed by atoms with Gasteiger partial charge in [0.2, 0.25) is 5.91 Å². The maximum absolute atomic E-state index is 11.5. The molecule has 0 unspecified atom stereocenters. The summed E-state index contributed by atoms with van der Waals surface area (Å²) in [5.41, 5.74) is 8.70. The van der Waals surface area contributed by atoms with E-state index in [0.29, 0.717) is 12.5 Å². The molecule has 1 aromatic carbocycles. The normalized spacial score (nSPS) is 14.3. The standard InChI is InChI=1S/C14H21N3O/c1-10-7-11(15)9-13(8-10)16-6-2-3-14(18)17-12-4-5-12/h7-9,12,16H,2-6,15H2,1H3,(H,17,18). The predicted octanol–water partition coefficient (Wildman–Crippen LogP) is 2.05. The third kappa shape index (κ3) is 4.28. The van der Waals surface area contributed by atoms with Crippen LogP contribution in [0.15, 0.2) is 18.2 Å². The van der Waals surface area contributed by atoms with Crippen molar-refractivity contribution < 1.29 is 4.79 Å². The molecule has 0 aliphatic heterocycles. The van der Waals surface area contributed by atoms with E-state index in [-0.39, 0.29) is 5.91 Å². The summed E-state index contributed by atoms with van der Waals surface area (Å²) in [6.45, 7) is 2.81. The average Bonchev–Trinajstić information content (AvgIpc) is 3.07. The summed E-state index contributed by atoms with van der Waals surface area (Å²) in [7, 11) is 0. The maximum Gasteiger partial charge on any atom is 0.220 e. The second-order valence-electron chi connectivity index (χ2n) is 5.00. The number of anilines is 2. The minimum atomic E-state index is 0.169. The Morgan fingerprint density at radius 2 is 2.17 bits per heavy atom. The summed E-state index contributed by atoms with van der Waals surface area (Å²) in [5, 5.41) is 6.27. The summed E-state index contributed by atoms with van der Waals surface area (Å²) in [5.74, 6) is 0.169. The van der Waals surface area contributed by atoms with E-state index < -0.39 is 0 Å². The zero-order valence-corrected chi connectivity index (χ0v) is 10.8. The molecule has 1 amide bonds. The van der Waals surface area contributed by atoms with E-state index in [0.717, 1.165) is 42.7 Å². The highest BCUT2D eigenvalue weighted by Gasteiger charge is 2.22. The summed E-state index contributed by atoms with van der Waals surface area (Å²) < 4.78 is 0. The SMILES string of the molecule is Cc1cc(N)cc(NCCCC(=O)NC2CC2)c1. The second-order valence-corrected chi connectivity index (χ2v) is 5.00. The van der Waals surface area contributed by atoms with Crippen LogP contribution in [0.3, 0.4) is 0 Å². The number of carbonyl (C=O) groups excluding carboxylic acids is 1. The number of nitrogens with two attached hydrogens (primary N) is 1. The lowest BCUT2D eigenvalue weighted by Gasteiger charge is -2.08. The molecule has 0 atom stereocenters. The molecule has 4 nitrogen and oxygen atoms in total. The van der Waals surface area contributed by atoms with Crippen molar-refractivity contribution in [1.82, 2.24) is 5.32 Å². The van der Waals surface area contributed by atoms with Gasteiger partial charge in [-0.1, -0.05) is 0 Å². The lowest BCUT2D eigenvalue weighted by atomic mass is 10.2. The molecule has 0 saturated heterocycles. The molecule has 1 aliphatic rings. The molecule has 0 heterocycles. The monoisotopic (exact) mass is 247 g/mol. The largest absolute Gasteiger partial charge is 0.399 e. The van der Waals surface area contributed by atoms with Crippen molar-refractivity contribution in [2.75, 3.05) is 17.6 Å². The van der Waals surface area contributed by atoms with Crippen LogP contribution in [0.2, 0.25) is 0 Å². The van der Waals surface area contributed by atoms with E-state index in [2.05, 4.69) is 16.7 Å². The van der Waals surface area contributed by atoms with Crippen molar-refractivity contribution >= 4 is 17.3 Å². The van der Waals surface area contributed by atoms with Gasteiger partial charge in [-0.3, -0.25) is 4.79 Å². The van der Waals surface area contributed by atoms with Crippen molar-refractivity contribution in [2.45, 2.75) is 38.6 Å². The number of hydrogen-bond acceptors (Lipinski definition) is 3. The van der Waals surface area contributed by atoms with Gasteiger partial charge in [-0.15, -0.1) is 0 Å². The van der Waals surface area contributed by atoms with Gasteiger partial charge >= 0.3 is 0 Å². The van der Waals surface area contributed by atoms with Crippen molar-refractivity contribution in [2.24, 2.45) is 0 Å². The Labute approximate surface area is 108 Å².